The van der Waals surface area contributed by atoms with Gasteiger partial charge in [-0.3, -0.25) is 4.79 Å². The van der Waals surface area contributed by atoms with Crippen molar-refractivity contribution in [2.75, 3.05) is 5.73 Å². The lowest BCUT2D eigenvalue weighted by atomic mass is 10.0. The van der Waals surface area contributed by atoms with Crippen molar-refractivity contribution in [3.8, 4) is 0 Å². The fourth-order valence-electron chi connectivity index (χ4n) is 1.68. The Morgan fingerprint density at radius 2 is 1.79 bits per heavy atom. The number of halogens is 3. The van der Waals surface area contributed by atoms with Crippen LogP contribution in [0.3, 0.4) is 0 Å². The molecule has 0 fully saturated rings. The summed E-state index contributed by atoms with van der Waals surface area (Å²) < 4.78 is 13.0. The van der Waals surface area contributed by atoms with E-state index in [1.807, 2.05) is 0 Å². The number of hydrogen-bond donors (Lipinski definition) is 1. The Labute approximate surface area is 119 Å². The van der Waals surface area contributed by atoms with Crippen LogP contribution < -0.4 is 5.73 Å². The van der Waals surface area contributed by atoms with Gasteiger partial charge in [0.15, 0.2) is 5.78 Å². The first-order chi connectivity index (χ1) is 8.97. The van der Waals surface area contributed by atoms with Gasteiger partial charge in [-0.1, -0.05) is 35.3 Å². The van der Waals surface area contributed by atoms with E-state index in [1.54, 1.807) is 12.1 Å². The molecule has 0 aromatic heterocycles. The largest absolute Gasteiger partial charge is 0.396 e. The highest BCUT2D eigenvalue weighted by molar-refractivity contribution is 6.39. The second-order valence-electron chi connectivity index (χ2n) is 4.08. The summed E-state index contributed by atoms with van der Waals surface area (Å²) in [5.74, 6) is -0.576. The molecular weight excluding hydrogens is 288 g/mol. The van der Waals surface area contributed by atoms with Crippen molar-refractivity contribution < 1.29 is 9.18 Å². The summed E-state index contributed by atoms with van der Waals surface area (Å²) in [6.45, 7) is 0. The fraction of sp³-hybridized carbons (Fsp3) is 0.0714. The summed E-state index contributed by atoms with van der Waals surface area (Å²) >= 11 is 11.7. The van der Waals surface area contributed by atoms with Gasteiger partial charge in [0.2, 0.25) is 0 Å². The number of nitrogens with two attached hydrogens (primary N) is 1. The second kappa shape index (κ2) is 5.59. The molecule has 0 aliphatic rings. The van der Waals surface area contributed by atoms with E-state index in [9.17, 15) is 9.18 Å². The van der Waals surface area contributed by atoms with Gasteiger partial charge in [0.25, 0.3) is 0 Å². The molecule has 0 saturated heterocycles. The summed E-state index contributed by atoms with van der Waals surface area (Å²) in [5.41, 5.74) is 6.79. The molecule has 5 heteroatoms. The van der Waals surface area contributed by atoms with Gasteiger partial charge in [0.1, 0.15) is 5.82 Å². The first kappa shape index (κ1) is 13.8. The van der Waals surface area contributed by atoms with Crippen LogP contribution in [0.4, 0.5) is 10.1 Å². The Morgan fingerprint density at radius 1 is 1.16 bits per heavy atom. The number of carbonyl (C=O) groups excluding carboxylic acids is 1. The lowest BCUT2D eigenvalue weighted by Crippen LogP contribution is -2.04. The lowest BCUT2D eigenvalue weighted by molar-refractivity contribution is 0.0993. The number of anilines is 1. The molecule has 0 spiro atoms. The third-order valence-corrected chi connectivity index (χ3v) is 3.28. The molecule has 0 radical (unpaired) electrons. The van der Waals surface area contributed by atoms with Crippen molar-refractivity contribution in [3.05, 3.63) is 63.4 Å². The number of ketones is 1. The van der Waals surface area contributed by atoms with Crippen LogP contribution in [-0.2, 0) is 6.42 Å². The molecule has 2 nitrogen and oxygen atoms in total. The molecule has 0 unspecified atom stereocenters. The van der Waals surface area contributed by atoms with E-state index in [0.29, 0.717) is 11.1 Å². The van der Waals surface area contributed by atoms with E-state index in [2.05, 4.69) is 0 Å². The van der Waals surface area contributed by atoms with E-state index in [-0.39, 0.29) is 33.8 Å². The molecule has 19 heavy (non-hydrogen) atoms. The van der Waals surface area contributed by atoms with Gasteiger partial charge in [-0.2, -0.15) is 0 Å². The number of rotatable bonds is 3. The Bertz CT molecular complexity index is 620. The number of hydrogen-bond acceptors (Lipinski definition) is 2. The van der Waals surface area contributed by atoms with E-state index >= 15 is 0 Å². The molecular formula is C14H10Cl2FNO. The van der Waals surface area contributed by atoms with Crippen molar-refractivity contribution in [1.82, 2.24) is 0 Å². The van der Waals surface area contributed by atoms with Crippen molar-refractivity contribution >= 4 is 34.7 Å². The summed E-state index contributed by atoms with van der Waals surface area (Å²) in [7, 11) is 0. The second-order valence-corrected chi connectivity index (χ2v) is 4.90. The smallest absolute Gasteiger partial charge is 0.167 e. The molecule has 0 aliphatic carbocycles. The Morgan fingerprint density at radius 3 is 2.37 bits per heavy atom. The zero-order valence-corrected chi connectivity index (χ0v) is 11.3. The van der Waals surface area contributed by atoms with Crippen LogP contribution in [0, 0.1) is 5.82 Å². The predicted octanol–water partition coefficient (Wildman–Crippen LogP) is 4.14. The molecule has 2 aromatic rings. The molecule has 2 aromatic carbocycles. The Balaban J connectivity index is 2.25. The van der Waals surface area contributed by atoms with Crippen molar-refractivity contribution in [2.45, 2.75) is 6.42 Å². The van der Waals surface area contributed by atoms with Crippen LogP contribution in [0.25, 0.3) is 0 Å². The average molecular weight is 298 g/mol. The minimum Gasteiger partial charge on any atom is -0.396 e. The van der Waals surface area contributed by atoms with Gasteiger partial charge in [-0.25, -0.2) is 4.39 Å². The summed E-state index contributed by atoms with van der Waals surface area (Å²) in [4.78, 5) is 12.1. The highest BCUT2D eigenvalue weighted by atomic mass is 35.5. The van der Waals surface area contributed by atoms with Crippen LogP contribution >= 0.6 is 23.2 Å². The standard InChI is InChI=1S/C14H10Cl2FNO/c15-11-6-9(7-12(16)14(11)18)13(19)5-8-2-1-3-10(17)4-8/h1-4,6-7H,5,18H2. The van der Waals surface area contributed by atoms with Gasteiger partial charge in [-0.15, -0.1) is 0 Å². The topological polar surface area (TPSA) is 43.1 Å². The van der Waals surface area contributed by atoms with Gasteiger partial charge in [-0.05, 0) is 29.8 Å². The van der Waals surface area contributed by atoms with Gasteiger partial charge >= 0.3 is 0 Å². The number of nitrogen functional groups attached to an aromatic ring is 1. The summed E-state index contributed by atoms with van der Waals surface area (Å²) in [5, 5.41) is 0.463. The quantitative estimate of drug-likeness (QED) is 0.683. The van der Waals surface area contributed by atoms with Crippen LogP contribution in [0.15, 0.2) is 36.4 Å². The lowest BCUT2D eigenvalue weighted by Gasteiger charge is -2.06. The maximum Gasteiger partial charge on any atom is 0.167 e. The van der Waals surface area contributed by atoms with Gasteiger partial charge in [0.05, 0.1) is 15.7 Å². The number of benzene rings is 2. The maximum atomic E-state index is 13.0. The number of Topliss-reactive ketones (excluding diaryl/α,β-unsaturated/α-hetero) is 1. The van der Waals surface area contributed by atoms with Crippen LogP contribution in [0.2, 0.25) is 10.0 Å². The first-order valence-corrected chi connectivity index (χ1v) is 6.25. The molecule has 0 amide bonds. The Kier molecular flexibility index (Phi) is 4.08. The number of carbonyl (C=O) groups is 1. The molecule has 0 aliphatic heterocycles. The fourth-order valence-corrected chi connectivity index (χ4v) is 2.17. The molecule has 0 bridgehead atoms. The summed E-state index contributed by atoms with van der Waals surface area (Å²) in [6, 6.07) is 8.81. The highest BCUT2D eigenvalue weighted by Gasteiger charge is 2.12. The molecule has 2 N–H and O–H groups in total. The SMILES string of the molecule is Nc1c(Cl)cc(C(=O)Cc2cccc(F)c2)cc1Cl. The third kappa shape index (κ3) is 3.25. The normalized spacial score (nSPS) is 10.5. The highest BCUT2D eigenvalue weighted by Crippen LogP contribution is 2.29. The third-order valence-electron chi connectivity index (χ3n) is 2.65. The van der Waals surface area contributed by atoms with Crippen molar-refractivity contribution in [1.29, 1.82) is 0 Å². The van der Waals surface area contributed by atoms with E-state index < -0.39 is 0 Å². The van der Waals surface area contributed by atoms with E-state index in [1.165, 1.54) is 24.3 Å². The zero-order valence-electron chi connectivity index (χ0n) is 9.79. The van der Waals surface area contributed by atoms with Crippen molar-refractivity contribution in [3.63, 3.8) is 0 Å². The average Bonchev–Trinajstić information content (AvgIpc) is 2.35. The minimum atomic E-state index is -0.376. The Hall–Kier alpha value is -1.58. The van der Waals surface area contributed by atoms with E-state index in [0.717, 1.165) is 0 Å². The minimum absolute atomic E-state index is 0.0777. The van der Waals surface area contributed by atoms with Crippen LogP contribution in [0.1, 0.15) is 15.9 Å². The molecule has 0 saturated carbocycles. The summed E-state index contributed by atoms with van der Waals surface area (Å²) in [6.07, 6.45) is 0.0777. The van der Waals surface area contributed by atoms with Gasteiger partial charge < -0.3 is 5.73 Å². The molecule has 0 atom stereocenters. The van der Waals surface area contributed by atoms with Crippen LogP contribution in [0.5, 0.6) is 0 Å². The van der Waals surface area contributed by atoms with Crippen LogP contribution in [-0.4, -0.2) is 5.78 Å². The monoisotopic (exact) mass is 297 g/mol. The molecule has 98 valence electrons. The van der Waals surface area contributed by atoms with E-state index in [4.69, 9.17) is 28.9 Å². The van der Waals surface area contributed by atoms with Gasteiger partial charge in [0, 0.05) is 12.0 Å². The molecule has 0 heterocycles. The zero-order chi connectivity index (χ0) is 14.0. The first-order valence-electron chi connectivity index (χ1n) is 5.49. The maximum absolute atomic E-state index is 13.0. The predicted molar refractivity (Wildman–Crippen MR) is 75.3 cm³/mol. The van der Waals surface area contributed by atoms with Crippen molar-refractivity contribution in [2.24, 2.45) is 0 Å². The molecule has 2 rings (SSSR count).